The number of ether oxygens (including phenoxy) is 1. The molecule has 0 radical (unpaired) electrons. The fraction of sp³-hybridized carbons (Fsp3) is 0.136. The second-order valence-electron chi connectivity index (χ2n) is 6.64. The van der Waals surface area contributed by atoms with E-state index in [4.69, 9.17) is 4.74 Å². The third-order valence-corrected chi connectivity index (χ3v) is 6.70. The van der Waals surface area contributed by atoms with E-state index in [1.165, 1.54) is 23.5 Å². The average Bonchev–Trinajstić information content (AvgIpc) is 3.19. The predicted molar refractivity (Wildman–Crippen MR) is 112 cm³/mol. The van der Waals surface area contributed by atoms with Crippen molar-refractivity contribution in [2.24, 2.45) is 0 Å². The van der Waals surface area contributed by atoms with Gasteiger partial charge in [0.1, 0.15) is 5.75 Å². The number of rotatable bonds is 5. The van der Waals surface area contributed by atoms with Gasteiger partial charge in [0.15, 0.2) is 0 Å². The summed E-state index contributed by atoms with van der Waals surface area (Å²) in [6.07, 6.45) is 0.670. The molecule has 148 valence electrons. The molecule has 3 aromatic rings. The van der Waals surface area contributed by atoms with E-state index in [9.17, 15) is 13.2 Å². The molecule has 0 saturated heterocycles. The van der Waals surface area contributed by atoms with Gasteiger partial charge in [-0.1, -0.05) is 36.4 Å². The molecule has 0 aliphatic carbocycles. The Morgan fingerprint density at radius 2 is 1.72 bits per heavy atom. The Balaban J connectivity index is 1.69. The summed E-state index contributed by atoms with van der Waals surface area (Å²) in [5, 5.41) is 2.75. The Morgan fingerprint density at radius 3 is 2.48 bits per heavy atom. The monoisotopic (exact) mass is 408 g/mol. The lowest BCUT2D eigenvalue weighted by Crippen LogP contribution is -2.29. The van der Waals surface area contributed by atoms with Gasteiger partial charge in [-0.15, -0.1) is 0 Å². The molecular weight excluding hydrogens is 388 g/mol. The third kappa shape index (κ3) is 3.56. The molecule has 3 aromatic carbocycles. The zero-order valence-corrected chi connectivity index (χ0v) is 16.6. The lowest BCUT2D eigenvalue weighted by Gasteiger charge is -2.20. The Labute approximate surface area is 169 Å². The van der Waals surface area contributed by atoms with E-state index in [0.29, 0.717) is 35.7 Å². The highest BCUT2D eigenvalue weighted by atomic mass is 32.2. The van der Waals surface area contributed by atoms with Gasteiger partial charge in [0.2, 0.25) is 0 Å². The van der Waals surface area contributed by atoms with Crippen LogP contribution in [0.15, 0.2) is 77.7 Å². The predicted octanol–water partition coefficient (Wildman–Crippen LogP) is 3.70. The van der Waals surface area contributed by atoms with Gasteiger partial charge in [0, 0.05) is 12.1 Å². The van der Waals surface area contributed by atoms with E-state index in [-0.39, 0.29) is 10.8 Å². The topological polar surface area (TPSA) is 75.7 Å². The van der Waals surface area contributed by atoms with Crippen molar-refractivity contribution in [3.05, 3.63) is 83.9 Å². The van der Waals surface area contributed by atoms with Gasteiger partial charge in [-0.05, 0) is 48.4 Å². The molecule has 7 heteroatoms. The van der Waals surface area contributed by atoms with Crippen LogP contribution in [0.3, 0.4) is 0 Å². The van der Waals surface area contributed by atoms with Crippen molar-refractivity contribution < 1.29 is 17.9 Å². The first-order valence-corrected chi connectivity index (χ1v) is 10.6. The number of nitrogens with zero attached hydrogens (tertiary/aromatic N) is 1. The standard InChI is InChI=1S/C22H20N2O4S/c1-28-21-12-11-18(15-19(21)23-22(25)17-8-3-2-4-9-17)29(26,27)24-14-13-16-7-5-6-10-20(16)24/h2-12,15H,13-14H2,1H3,(H,23,25). The van der Waals surface area contributed by atoms with Crippen LogP contribution >= 0.6 is 0 Å². The Kier molecular flexibility index (Phi) is 4.98. The molecule has 0 unspecified atom stereocenters. The maximum Gasteiger partial charge on any atom is 0.264 e. The number of methoxy groups -OCH3 is 1. The van der Waals surface area contributed by atoms with Crippen LogP contribution in [0.25, 0.3) is 0 Å². The molecule has 0 saturated carbocycles. The second kappa shape index (κ2) is 7.60. The first kappa shape index (κ1) is 19.0. The summed E-state index contributed by atoms with van der Waals surface area (Å²) in [5.74, 6) is 0.0417. The molecule has 4 rings (SSSR count). The van der Waals surface area contributed by atoms with Crippen LogP contribution in [0.1, 0.15) is 15.9 Å². The second-order valence-corrected chi connectivity index (χ2v) is 8.50. The minimum Gasteiger partial charge on any atom is -0.495 e. The van der Waals surface area contributed by atoms with Gasteiger partial charge >= 0.3 is 0 Å². The summed E-state index contributed by atoms with van der Waals surface area (Å²) in [5.41, 5.74) is 2.46. The van der Waals surface area contributed by atoms with Crippen molar-refractivity contribution in [2.45, 2.75) is 11.3 Å². The molecular formula is C22H20N2O4S. The fourth-order valence-electron chi connectivity index (χ4n) is 3.41. The van der Waals surface area contributed by atoms with Crippen LogP contribution in [0, 0.1) is 0 Å². The van der Waals surface area contributed by atoms with Crippen LogP contribution in [0.5, 0.6) is 5.75 Å². The van der Waals surface area contributed by atoms with E-state index in [0.717, 1.165) is 5.56 Å². The number of carbonyl (C=O) groups excluding carboxylic acids is 1. The van der Waals surface area contributed by atoms with Crippen molar-refractivity contribution >= 4 is 27.3 Å². The molecule has 1 N–H and O–H groups in total. The Morgan fingerprint density at radius 1 is 1.00 bits per heavy atom. The molecule has 0 bridgehead atoms. The van der Waals surface area contributed by atoms with Gasteiger partial charge in [-0.2, -0.15) is 0 Å². The number of hydrogen-bond donors (Lipinski definition) is 1. The SMILES string of the molecule is COc1ccc(S(=O)(=O)N2CCc3ccccc32)cc1NC(=O)c1ccccc1. The number of nitrogens with one attached hydrogen (secondary N) is 1. The molecule has 0 spiro atoms. The van der Waals surface area contributed by atoms with Crippen LogP contribution in [0.2, 0.25) is 0 Å². The summed E-state index contributed by atoms with van der Waals surface area (Å²) in [4.78, 5) is 12.6. The van der Waals surface area contributed by atoms with Gasteiger partial charge in [-0.3, -0.25) is 9.10 Å². The molecule has 0 atom stereocenters. The summed E-state index contributed by atoms with van der Waals surface area (Å²) >= 11 is 0. The van der Waals surface area contributed by atoms with Crippen molar-refractivity contribution in [1.82, 2.24) is 0 Å². The third-order valence-electron chi connectivity index (χ3n) is 4.89. The molecule has 1 aliphatic heterocycles. The van der Waals surface area contributed by atoms with E-state index in [1.54, 1.807) is 30.3 Å². The molecule has 1 aliphatic rings. The summed E-state index contributed by atoms with van der Waals surface area (Å²) < 4.78 is 33.3. The quantitative estimate of drug-likeness (QED) is 0.699. The van der Waals surface area contributed by atoms with Gasteiger partial charge < -0.3 is 10.1 Å². The lowest BCUT2D eigenvalue weighted by molar-refractivity contribution is 0.102. The number of benzene rings is 3. The number of hydrogen-bond acceptors (Lipinski definition) is 4. The molecule has 29 heavy (non-hydrogen) atoms. The van der Waals surface area contributed by atoms with E-state index < -0.39 is 10.0 Å². The molecule has 1 heterocycles. The number of fused-ring (bicyclic) bond motifs is 1. The van der Waals surface area contributed by atoms with Crippen molar-refractivity contribution in [2.75, 3.05) is 23.3 Å². The average molecular weight is 408 g/mol. The number of anilines is 2. The van der Waals surface area contributed by atoms with Crippen molar-refractivity contribution in [3.8, 4) is 5.75 Å². The van der Waals surface area contributed by atoms with E-state index >= 15 is 0 Å². The molecule has 1 amide bonds. The van der Waals surface area contributed by atoms with Crippen molar-refractivity contribution in [3.63, 3.8) is 0 Å². The maximum atomic E-state index is 13.3. The summed E-state index contributed by atoms with van der Waals surface area (Å²) in [7, 11) is -2.30. The van der Waals surface area contributed by atoms with Crippen LogP contribution in [-0.4, -0.2) is 28.0 Å². The highest BCUT2D eigenvalue weighted by molar-refractivity contribution is 7.92. The number of carbonyl (C=O) groups is 1. The molecule has 0 fully saturated rings. The molecule has 0 aromatic heterocycles. The molecule has 6 nitrogen and oxygen atoms in total. The highest BCUT2D eigenvalue weighted by Crippen LogP contribution is 2.35. The first-order chi connectivity index (χ1) is 14.0. The number of amides is 1. The minimum atomic E-state index is -3.77. The lowest BCUT2D eigenvalue weighted by atomic mass is 10.2. The van der Waals surface area contributed by atoms with Crippen molar-refractivity contribution in [1.29, 1.82) is 0 Å². The van der Waals surface area contributed by atoms with Crippen LogP contribution < -0.4 is 14.4 Å². The first-order valence-electron chi connectivity index (χ1n) is 9.16. The number of sulfonamides is 1. The zero-order valence-electron chi connectivity index (χ0n) is 15.8. The van der Waals surface area contributed by atoms with E-state index in [2.05, 4.69) is 5.32 Å². The minimum absolute atomic E-state index is 0.0957. The highest BCUT2D eigenvalue weighted by Gasteiger charge is 2.31. The summed E-state index contributed by atoms with van der Waals surface area (Å²) in [6, 6.07) is 20.7. The van der Waals surface area contributed by atoms with Gasteiger partial charge in [0.05, 0.1) is 23.4 Å². The van der Waals surface area contributed by atoms with Crippen LogP contribution in [0.4, 0.5) is 11.4 Å². The largest absolute Gasteiger partial charge is 0.495 e. The fourth-order valence-corrected chi connectivity index (χ4v) is 4.94. The Bertz CT molecular complexity index is 1160. The van der Waals surface area contributed by atoms with E-state index in [1.807, 2.05) is 30.3 Å². The smallest absolute Gasteiger partial charge is 0.264 e. The van der Waals surface area contributed by atoms with Crippen LogP contribution in [-0.2, 0) is 16.4 Å². The normalized spacial score (nSPS) is 13.1. The van der Waals surface area contributed by atoms with Gasteiger partial charge in [-0.25, -0.2) is 8.42 Å². The number of para-hydroxylation sites is 1. The Hall–Kier alpha value is -3.32. The van der Waals surface area contributed by atoms with Gasteiger partial charge in [0.25, 0.3) is 15.9 Å². The summed E-state index contributed by atoms with van der Waals surface area (Å²) in [6.45, 7) is 0.388. The maximum absolute atomic E-state index is 13.3. The zero-order chi connectivity index (χ0) is 20.4.